The van der Waals surface area contributed by atoms with Gasteiger partial charge < -0.3 is 15.0 Å². The normalized spacial score (nSPS) is 23.2. The minimum Gasteiger partial charge on any atom is -0.372 e. The van der Waals surface area contributed by atoms with Gasteiger partial charge in [-0.25, -0.2) is 0 Å². The van der Waals surface area contributed by atoms with E-state index >= 15 is 0 Å². The molecule has 0 saturated carbocycles. The number of benzene rings is 1. The lowest BCUT2D eigenvalue weighted by molar-refractivity contribution is -0.0481. The average Bonchev–Trinajstić information content (AvgIpc) is 2.38. The number of hydrogen-bond donors (Lipinski definition) is 1. The molecule has 1 aromatic carbocycles. The van der Waals surface area contributed by atoms with Crippen LogP contribution in [0.25, 0.3) is 0 Å². The average molecular weight is 278 g/mol. The molecule has 1 aromatic rings. The fourth-order valence-electron chi connectivity index (χ4n) is 2.41. The third-order valence-electron chi connectivity index (χ3n) is 3.24. The summed E-state index contributed by atoms with van der Waals surface area (Å²) < 4.78 is 5.71. The smallest absolute Gasteiger partial charge is 0.169 e. The Morgan fingerprint density at radius 1 is 1.26 bits per heavy atom. The number of hydrogen-bond acceptors (Lipinski definition) is 2. The van der Waals surface area contributed by atoms with E-state index in [1.807, 2.05) is 6.07 Å². The maximum Gasteiger partial charge on any atom is 0.169 e. The van der Waals surface area contributed by atoms with E-state index in [9.17, 15) is 0 Å². The van der Waals surface area contributed by atoms with E-state index in [4.69, 9.17) is 17.0 Å². The summed E-state index contributed by atoms with van der Waals surface area (Å²) in [6, 6.07) is 10.5. The Bertz CT molecular complexity index is 400. The van der Waals surface area contributed by atoms with Gasteiger partial charge in [-0.05, 0) is 38.0 Å². The van der Waals surface area contributed by atoms with Crippen molar-refractivity contribution in [2.24, 2.45) is 0 Å². The van der Waals surface area contributed by atoms with Gasteiger partial charge in [0, 0.05) is 19.6 Å². The van der Waals surface area contributed by atoms with E-state index in [0.717, 1.165) is 31.2 Å². The summed E-state index contributed by atoms with van der Waals surface area (Å²) in [5.74, 6) is 0. The Balaban J connectivity index is 1.75. The molecule has 1 aliphatic heterocycles. The summed E-state index contributed by atoms with van der Waals surface area (Å²) in [5, 5.41) is 4.19. The Morgan fingerprint density at radius 3 is 2.53 bits per heavy atom. The van der Waals surface area contributed by atoms with E-state index in [1.54, 1.807) is 0 Å². The van der Waals surface area contributed by atoms with Gasteiger partial charge in [-0.2, -0.15) is 0 Å². The predicted molar refractivity (Wildman–Crippen MR) is 82.3 cm³/mol. The van der Waals surface area contributed by atoms with Crippen molar-refractivity contribution in [3.05, 3.63) is 35.9 Å². The highest BCUT2D eigenvalue weighted by Crippen LogP contribution is 2.10. The van der Waals surface area contributed by atoms with E-state index in [0.29, 0.717) is 0 Å². The SMILES string of the molecule is C[C@@H]1CN(C(=S)NCCc2ccccc2)C[C@H](C)O1. The Labute approximate surface area is 120 Å². The number of thiocarbonyl (C=S) groups is 1. The number of rotatable bonds is 3. The first-order valence-corrected chi connectivity index (χ1v) is 7.28. The fraction of sp³-hybridized carbons (Fsp3) is 0.533. The Hall–Kier alpha value is -1.13. The molecule has 0 aromatic heterocycles. The third kappa shape index (κ3) is 4.48. The maximum atomic E-state index is 5.71. The van der Waals surface area contributed by atoms with Gasteiger partial charge in [0.15, 0.2) is 5.11 Å². The van der Waals surface area contributed by atoms with Gasteiger partial charge in [-0.1, -0.05) is 30.3 Å². The first-order valence-electron chi connectivity index (χ1n) is 6.87. The van der Waals surface area contributed by atoms with Gasteiger partial charge in [0.05, 0.1) is 12.2 Å². The molecule has 0 radical (unpaired) electrons. The monoisotopic (exact) mass is 278 g/mol. The van der Waals surface area contributed by atoms with Crippen molar-refractivity contribution >= 4 is 17.3 Å². The van der Waals surface area contributed by atoms with Gasteiger partial charge in [-0.3, -0.25) is 0 Å². The molecule has 1 saturated heterocycles. The second-order valence-electron chi connectivity index (χ2n) is 5.13. The molecule has 3 nitrogen and oxygen atoms in total. The van der Waals surface area contributed by atoms with Gasteiger partial charge in [0.1, 0.15) is 0 Å². The standard InChI is InChI=1S/C15H22N2OS/c1-12-10-17(11-13(2)18-12)15(19)16-9-8-14-6-4-3-5-7-14/h3-7,12-13H,8-11H2,1-2H3,(H,16,19)/t12-,13+. The summed E-state index contributed by atoms with van der Waals surface area (Å²) in [5.41, 5.74) is 1.33. The van der Waals surface area contributed by atoms with E-state index < -0.39 is 0 Å². The molecular weight excluding hydrogens is 256 g/mol. The molecular formula is C15H22N2OS. The fourth-order valence-corrected chi connectivity index (χ4v) is 2.67. The minimum atomic E-state index is 0.248. The van der Waals surface area contributed by atoms with Crippen molar-refractivity contribution in [2.45, 2.75) is 32.5 Å². The zero-order valence-corrected chi connectivity index (χ0v) is 12.5. The van der Waals surface area contributed by atoms with Crippen LogP contribution in [0.2, 0.25) is 0 Å². The van der Waals surface area contributed by atoms with E-state index in [-0.39, 0.29) is 12.2 Å². The van der Waals surface area contributed by atoms with Crippen LogP contribution in [-0.2, 0) is 11.2 Å². The van der Waals surface area contributed by atoms with E-state index in [2.05, 4.69) is 48.3 Å². The molecule has 1 N–H and O–H groups in total. The predicted octanol–water partition coefficient (Wildman–Crippen LogP) is 2.21. The van der Waals surface area contributed by atoms with Crippen molar-refractivity contribution in [1.82, 2.24) is 10.2 Å². The highest BCUT2D eigenvalue weighted by Gasteiger charge is 2.23. The largest absolute Gasteiger partial charge is 0.372 e. The zero-order chi connectivity index (χ0) is 13.7. The van der Waals surface area contributed by atoms with Gasteiger partial charge >= 0.3 is 0 Å². The molecule has 0 spiro atoms. The summed E-state index contributed by atoms with van der Waals surface area (Å²) in [4.78, 5) is 2.21. The Kier molecular flexibility index (Phi) is 5.16. The first-order chi connectivity index (χ1) is 9.15. The lowest BCUT2D eigenvalue weighted by Crippen LogP contribution is -2.51. The molecule has 104 valence electrons. The quantitative estimate of drug-likeness (QED) is 0.857. The van der Waals surface area contributed by atoms with Crippen LogP contribution < -0.4 is 5.32 Å². The topological polar surface area (TPSA) is 24.5 Å². The highest BCUT2D eigenvalue weighted by molar-refractivity contribution is 7.80. The minimum absolute atomic E-state index is 0.248. The molecule has 1 aliphatic rings. The lowest BCUT2D eigenvalue weighted by atomic mass is 10.1. The summed E-state index contributed by atoms with van der Waals surface area (Å²) in [6.07, 6.45) is 1.49. The van der Waals surface area contributed by atoms with Crippen molar-refractivity contribution in [2.75, 3.05) is 19.6 Å². The van der Waals surface area contributed by atoms with Crippen molar-refractivity contribution < 1.29 is 4.74 Å². The van der Waals surface area contributed by atoms with Gasteiger partial charge in [-0.15, -0.1) is 0 Å². The molecule has 1 fully saturated rings. The summed E-state index contributed by atoms with van der Waals surface area (Å²) in [6.45, 7) is 6.82. The van der Waals surface area contributed by atoms with Crippen molar-refractivity contribution in [3.8, 4) is 0 Å². The van der Waals surface area contributed by atoms with Crippen LogP contribution in [0.3, 0.4) is 0 Å². The Morgan fingerprint density at radius 2 is 1.89 bits per heavy atom. The molecule has 4 heteroatoms. The van der Waals surface area contributed by atoms with Crippen molar-refractivity contribution in [1.29, 1.82) is 0 Å². The summed E-state index contributed by atoms with van der Waals surface area (Å²) >= 11 is 5.45. The maximum absolute atomic E-state index is 5.71. The number of nitrogens with one attached hydrogen (secondary N) is 1. The van der Waals surface area contributed by atoms with Gasteiger partial charge in [0.2, 0.25) is 0 Å². The molecule has 1 heterocycles. The van der Waals surface area contributed by atoms with Crippen LogP contribution in [0.4, 0.5) is 0 Å². The van der Waals surface area contributed by atoms with Crippen LogP contribution in [0.15, 0.2) is 30.3 Å². The number of ether oxygens (including phenoxy) is 1. The van der Waals surface area contributed by atoms with Gasteiger partial charge in [0.25, 0.3) is 0 Å². The van der Waals surface area contributed by atoms with Crippen LogP contribution >= 0.6 is 12.2 Å². The van der Waals surface area contributed by atoms with Crippen LogP contribution in [0.5, 0.6) is 0 Å². The molecule has 0 bridgehead atoms. The molecule has 0 amide bonds. The second-order valence-corrected chi connectivity index (χ2v) is 5.52. The highest BCUT2D eigenvalue weighted by atomic mass is 32.1. The number of nitrogens with zero attached hydrogens (tertiary/aromatic N) is 1. The zero-order valence-electron chi connectivity index (χ0n) is 11.6. The number of morpholine rings is 1. The van der Waals surface area contributed by atoms with Crippen LogP contribution in [0.1, 0.15) is 19.4 Å². The second kappa shape index (κ2) is 6.87. The van der Waals surface area contributed by atoms with Crippen molar-refractivity contribution in [3.63, 3.8) is 0 Å². The lowest BCUT2D eigenvalue weighted by Gasteiger charge is -2.36. The molecule has 2 atom stereocenters. The van der Waals surface area contributed by atoms with Crippen LogP contribution in [-0.4, -0.2) is 41.9 Å². The third-order valence-corrected chi connectivity index (χ3v) is 3.64. The molecule has 0 unspecified atom stereocenters. The summed E-state index contributed by atoms with van der Waals surface area (Å²) in [7, 11) is 0. The first kappa shape index (κ1) is 14.3. The van der Waals surface area contributed by atoms with Crippen LogP contribution in [0, 0.1) is 0 Å². The molecule has 2 rings (SSSR count). The molecule has 19 heavy (non-hydrogen) atoms. The van der Waals surface area contributed by atoms with E-state index in [1.165, 1.54) is 5.56 Å². The molecule has 0 aliphatic carbocycles.